The topological polar surface area (TPSA) is 73.4 Å². The summed E-state index contributed by atoms with van der Waals surface area (Å²) in [6.45, 7) is 4.63. The van der Waals surface area contributed by atoms with E-state index in [1.165, 1.54) is 0 Å². The lowest BCUT2D eigenvalue weighted by molar-refractivity contribution is -0.136. The molecule has 1 aliphatic heterocycles. The van der Waals surface area contributed by atoms with Crippen molar-refractivity contribution in [2.75, 3.05) is 32.0 Å². The zero-order valence-corrected chi connectivity index (χ0v) is 9.35. The van der Waals surface area contributed by atoms with Crippen molar-refractivity contribution in [1.29, 1.82) is 0 Å². The third-order valence-corrected chi connectivity index (χ3v) is 2.65. The van der Waals surface area contributed by atoms with Gasteiger partial charge in [-0.15, -0.1) is 0 Å². The molecule has 6 nitrogen and oxygen atoms in total. The molecule has 6 heteroatoms. The van der Waals surface area contributed by atoms with Gasteiger partial charge in [-0.1, -0.05) is 0 Å². The van der Waals surface area contributed by atoms with Crippen molar-refractivity contribution in [3.05, 3.63) is 11.9 Å². The van der Waals surface area contributed by atoms with Crippen LogP contribution >= 0.6 is 0 Å². The van der Waals surface area contributed by atoms with Gasteiger partial charge in [0.25, 0.3) is 0 Å². The smallest absolute Gasteiger partial charge is 0.244 e. The van der Waals surface area contributed by atoms with E-state index in [1.807, 2.05) is 6.92 Å². The Hall–Kier alpha value is -1.56. The standard InChI is InChI=1S/C10H16N4O2/c1-8-9(11)6-14(12-8)7-10(15)13-2-4-16-5-3-13/h6H,2-5,7,11H2,1H3. The fourth-order valence-electron chi connectivity index (χ4n) is 1.67. The van der Waals surface area contributed by atoms with Crippen LogP contribution in [-0.4, -0.2) is 46.9 Å². The van der Waals surface area contributed by atoms with Gasteiger partial charge >= 0.3 is 0 Å². The monoisotopic (exact) mass is 224 g/mol. The minimum atomic E-state index is 0.0609. The van der Waals surface area contributed by atoms with Crippen molar-refractivity contribution in [2.24, 2.45) is 0 Å². The highest BCUT2D eigenvalue weighted by molar-refractivity contribution is 5.76. The lowest BCUT2D eigenvalue weighted by atomic mass is 10.4. The number of rotatable bonds is 2. The van der Waals surface area contributed by atoms with Crippen molar-refractivity contribution in [3.8, 4) is 0 Å². The quantitative estimate of drug-likeness (QED) is 0.744. The minimum absolute atomic E-state index is 0.0609. The van der Waals surface area contributed by atoms with Gasteiger partial charge in [0.05, 0.1) is 24.6 Å². The molecule has 0 bridgehead atoms. The van der Waals surface area contributed by atoms with E-state index in [9.17, 15) is 4.79 Å². The molecule has 88 valence electrons. The Balaban J connectivity index is 1.95. The lowest BCUT2D eigenvalue weighted by Crippen LogP contribution is -2.42. The number of ether oxygens (including phenoxy) is 1. The van der Waals surface area contributed by atoms with Gasteiger partial charge in [0.15, 0.2) is 0 Å². The molecule has 0 aromatic carbocycles. The Morgan fingerprint density at radius 3 is 2.81 bits per heavy atom. The van der Waals surface area contributed by atoms with Crippen LogP contribution < -0.4 is 5.73 Å². The summed E-state index contributed by atoms with van der Waals surface area (Å²) in [6, 6.07) is 0. The zero-order valence-electron chi connectivity index (χ0n) is 9.35. The average molecular weight is 224 g/mol. The predicted octanol–water partition coefficient (Wildman–Crippen LogP) is -0.367. The Kier molecular flexibility index (Phi) is 3.09. The number of nitrogens with zero attached hydrogens (tertiary/aromatic N) is 3. The number of nitrogen functional groups attached to an aromatic ring is 1. The Morgan fingerprint density at radius 1 is 1.56 bits per heavy atom. The SMILES string of the molecule is Cc1nn(CC(=O)N2CCOCC2)cc1N. The molecule has 1 aromatic heterocycles. The number of carbonyl (C=O) groups excluding carboxylic acids is 1. The van der Waals surface area contributed by atoms with Gasteiger partial charge in [0, 0.05) is 19.3 Å². The Morgan fingerprint density at radius 2 is 2.25 bits per heavy atom. The molecule has 0 unspecified atom stereocenters. The van der Waals surface area contributed by atoms with Gasteiger partial charge in [0.2, 0.25) is 5.91 Å². The summed E-state index contributed by atoms with van der Waals surface area (Å²) in [6.07, 6.45) is 1.69. The molecule has 0 saturated carbocycles. The molecule has 0 radical (unpaired) electrons. The van der Waals surface area contributed by atoms with E-state index < -0.39 is 0 Å². The number of aromatic nitrogens is 2. The molecule has 1 amide bonds. The van der Waals surface area contributed by atoms with Crippen molar-refractivity contribution >= 4 is 11.6 Å². The largest absolute Gasteiger partial charge is 0.396 e. The van der Waals surface area contributed by atoms with Crippen LogP contribution in [0.15, 0.2) is 6.20 Å². The number of hydrogen-bond donors (Lipinski definition) is 1. The number of nitrogens with two attached hydrogens (primary N) is 1. The average Bonchev–Trinajstić information content (AvgIpc) is 2.59. The minimum Gasteiger partial charge on any atom is -0.396 e. The summed E-state index contributed by atoms with van der Waals surface area (Å²) < 4.78 is 6.77. The molecule has 16 heavy (non-hydrogen) atoms. The van der Waals surface area contributed by atoms with Gasteiger partial charge in [-0.2, -0.15) is 5.10 Å². The predicted molar refractivity (Wildman–Crippen MR) is 58.8 cm³/mol. The molecule has 1 aliphatic rings. The molecule has 1 saturated heterocycles. The molecule has 0 spiro atoms. The molecule has 0 atom stereocenters. The van der Waals surface area contributed by atoms with E-state index in [1.54, 1.807) is 15.8 Å². The Bertz CT molecular complexity index is 363. The second-order valence-corrected chi connectivity index (χ2v) is 3.86. The van der Waals surface area contributed by atoms with E-state index in [4.69, 9.17) is 10.5 Å². The van der Waals surface area contributed by atoms with E-state index in [0.29, 0.717) is 32.0 Å². The number of anilines is 1. The molecule has 2 N–H and O–H groups in total. The van der Waals surface area contributed by atoms with Crippen molar-refractivity contribution in [2.45, 2.75) is 13.5 Å². The van der Waals surface area contributed by atoms with Crippen LogP contribution in [0, 0.1) is 6.92 Å². The van der Waals surface area contributed by atoms with Crippen molar-refractivity contribution < 1.29 is 9.53 Å². The molecule has 1 aromatic rings. The van der Waals surface area contributed by atoms with Gasteiger partial charge in [0.1, 0.15) is 6.54 Å². The third kappa shape index (κ3) is 2.33. The molecular formula is C10H16N4O2. The van der Waals surface area contributed by atoms with Crippen molar-refractivity contribution in [3.63, 3.8) is 0 Å². The normalized spacial score (nSPS) is 16.4. The first-order chi connectivity index (χ1) is 7.66. The summed E-state index contributed by atoms with van der Waals surface area (Å²) >= 11 is 0. The summed E-state index contributed by atoms with van der Waals surface area (Å²) in [5.74, 6) is 0.0609. The van der Waals surface area contributed by atoms with Gasteiger partial charge in [-0.25, -0.2) is 0 Å². The fraction of sp³-hybridized carbons (Fsp3) is 0.600. The van der Waals surface area contributed by atoms with Gasteiger partial charge < -0.3 is 15.4 Å². The molecule has 2 rings (SSSR count). The molecule has 1 fully saturated rings. The number of aryl methyl sites for hydroxylation is 1. The first kappa shape index (κ1) is 10.9. The Labute approximate surface area is 94.0 Å². The van der Waals surface area contributed by atoms with Crippen LogP contribution in [0.2, 0.25) is 0 Å². The zero-order chi connectivity index (χ0) is 11.5. The van der Waals surface area contributed by atoms with Crippen LogP contribution in [0.1, 0.15) is 5.69 Å². The van der Waals surface area contributed by atoms with Crippen LogP contribution in [0.3, 0.4) is 0 Å². The summed E-state index contributed by atoms with van der Waals surface area (Å²) in [5, 5.41) is 4.16. The number of amides is 1. The number of hydrogen-bond acceptors (Lipinski definition) is 4. The first-order valence-corrected chi connectivity index (χ1v) is 5.32. The summed E-state index contributed by atoms with van der Waals surface area (Å²) in [4.78, 5) is 13.6. The van der Waals surface area contributed by atoms with Crippen LogP contribution in [0.25, 0.3) is 0 Å². The highest BCUT2D eigenvalue weighted by atomic mass is 16.5. The highest BCUT2D eigenvalue weighted by Crippen LogP contribution is 2.07. The lowest BCUT2D eigenvalue weighted by Gasteiger charge is -2.26. The maximum atomic E-state index is 11.9. The second-order valence-electron chi connectivity index (χ2n) is 3.86. The maximum absolute atomic E-state index is 11.9. The first-order valence-electron chi connectivity index (χ1n) is 5.32. The fourth-order valence-corrected chi connectivity index (χ4v) is 1.67. The van der Waals surface area contributed by atoms with E-state index in [2.05, 4.69) is 5.10 Å². The van der Waals surface area contributed by atoms with E-state index in [0.717, 1.165) is 5.69 Å². The van der Waals surface area contributed by atoms with Gasteiger partial charge in [-0.3, -0.25) is 9.48 Å². The van der Waals surface area contributed by atoms with E-state index in [-0.39, 0.29) is 12.5 Å². The highest BCUT2D eigenvalue weighted by Gasteiger charge is 2.17. The maximum Gasteiger partial charge on any atom is 0.244 e. The molecular weight excluding hydrogens is 208 g/mol. The second kappa shape index (κ2) is 4.52. The van der Waals surface area contributed by atoms with Crippen molar-refractivity contribution in [1.82, 2.24) is 14.7 Å². The summed E-state index contributed by atoms with van der Waals surface area (Å²) in [7, 11) is 0. The molecule has 2 heterocycles. The van der Waals surface area contributed by atoms with E-state index >= 15 is 0 Å². The number of morpholine rings is 1. The summed E-state index contributed by atoms with van der Waals surface area (Å²) in [5.41, 5.74) is 7.05. The van der Waals surface area contributed by atoms with Gasteiger partial charge in [-0.05, 0) is 6.92 Å². The third-order valence-electron chi connectivity index (χ3n) is 2.65. The molecule has 0 aliphatic carbocycles. The number of carbonyl (C=O) groups is 1. The van der Waals surface area contributed by atoms with Crippen LogP contribution in [0.4, 0.5) is 5.69 Å². The van der Waals surface area contributed by atoms with Crippen LogP contribution in [-0.2, 0) is 16.1 Å². The van der Waals surface area contributed by atoms with Crippen LogP contribution in [0.5, 0.6) is 0 Å².